The van der Waals surface area contributed by atoms with Crippen LogP contribution in [0.3, 0.4) is 0 Å². The molecule has 4 nitrogen and oxygen atoms in total. The van der Waals surface area contributed by atoms with Gasteiger partial charge in [-0.2, -0.15) is 0 Å². The summed E-state index contributed by atoms with van der Waals surface area (Å²) in [5.41, 5.74) is 4.74. The van der Waals surface area contributed by atoms with Crippen LogP contribution in [0.1, 0.15) is 40.0 Å². The minimum absolute atomic E-state index is 0.0590. The highest BCUT2D eigenvalue weighted by atomic mass is 16.7. The Labute approximate surface area is 173 Å². The number of ether oxygens (including phenoxy) is 3. The minimum Gasteiger partial charge on any atom is -0.490 e. The highest BCUT2D eigenvalue weighted by Crippen LogP contribution is 2.71. The van der Waals surface area contributed by atoms with Crippen molar-refractivity contribution in [2.45, 2.75) is 58.5 Å². The zero-order valence-electron chi connectivity index (χ0n) is 17.9. The smallest absolute Gasteiger partial charge is 0.159 e. The summed E-state index contributed by atoms with van der Waals surface area (Å²) in [7, 11) is 0. The molecule has 29 heavy (non-hydrogen) atoms. The first-order chi connectivity index (χ1) is 13.9. The summed E-state index contributed by atoms with van der Waals surface area (Å²) < 4.78 is 19.0. The highest BCUT2D eigenvalue weighted by Gasteiger charge is 2.69. The van der Waals surface area contributed by atoms with Gasteiger partial charge in [0.1, 0.15) is 25.0 Å². The Balaban J connectivity index is 1.23. The summed E-state index contributed by atoms with van der Waals surface area (Å²) in [6.45, 7) is 8.49. The van der Waals surface area contributed by atoms with Crippen molar-refractivity contribution in [1.82, 2.24) is 0 Å². The molecule has 0 amide bonds. The van der Waals surface area contributed by atoms with Crippen LogP contribution in [0.5, 0.6) is 5.75 Å². The lowest BCUT2D eigenvalue weighted by Crippen LogP contribution is -2.58. The fourth-order valence-electron chi connectivity index (χ4n) is 6.48. The maximum absolute atomic E-state index is 6.51. The third-order valence-corrected chi connectivity index (χ3v) is 8.51. The first kappa shape index (κ1) is 19.3. The quantitative estimate of drug-likeness (QED) is 0.802. The van der Waals surface area contributed by atoms with E-state index in [1.807, 2.05) is 18.2 Å². The van der Waals surface area contributed by atoms with Crippen molar-refractivity contribution in [1.29, 1.82) is 0 Å². The Kier molecular flexibility index (Phi) is 4.65. The number of benzene rings is 2. The van der Waals surface area contributed by atoms with Gasteiger partial charge < -0.3 is 19.9 Å². The van der Waals surface area contributed by atoms with Gasteiger partial charge in [-0.1, -0.05) is 57.2 Å². The van der Waals surface area contributed by atoms with Crippen LogP contribution in [-0.2, 0) is 9.47 Å². The van der Waals surface area contributed by atoms with Crippen LogP contribution >= 0.6 is 0 Å². The zero-order chi connectivity index (χ0) is 20.2. The van der Waals surface area contributed by atoms with Crippen molar-refractivity contribution < 1.29 is 19.9 Å². The number of quaternary nitrogens is 1. The van der Waals surface area contributed by atoms with Crippen molar-refractivity contribution >= 4 is 10.8 Å². The lowest BCUT2D eigenvalue weighted by Gasteiger charge is -2.38. The molecular formula is C25H34NO3+. The molecule has 0 unspecified atom stereocenters. The van der Waals surface area contributed by atoms with Gasteiger partial charge in [-0.25, -0.2) is 0 Å². The van der Waals surface area contributed by atoms with E-state index in [1.165, 1.54) is 18.2 Å². The first-order valence-electron chi connectivity index (χ1n) is 11.1. The molecule has 3 N–H and O–H groups in total. The van der Waals surface area contributed by atoms with Crippen LogP contribution in [0.4, 0.5) is 0 Å². The second kappa shape index (κ2) is 6.97. The molecule has 1 saturated heterocycles. The van der Waals surface area contributed by atoms with Gasteiger partial charge in [0.05, 0.1) is 6.10 Å². The SMILES string of the molecule is CC1(C)[C@@H]2CC[C@@]1(C)[C@H]1O[C@H](O[C@@H](C[NH3+])COc3cccc4ccccc34)C[C@@H]21. The number of fused-ring (bicyclic) bond motifs is 6. The molecule has 4 heteroatoms. The van der Waals surface area contributed by atoms with Crippen LogP contribution in [0.25, 0.3) is 10.8 Å². The summed E-state index contributed by atoms with van der Waals surface area (Å²) in [5, 5.41) is 2.33. The fraction of sp³-hybridized carbons (Fsp3) is 0.600. The maximum Gasteiger partial charge on any atom is 0.159 e. The van der Waals surface area contributed by atoms with Gasteiger partial charge in [-0.05, 0) is 47.0 Å². The average Bonchev–Trinajstić information content (AvgIpc) is 3.29. The summed E-state index contributed by atoms with van der Waals surface area (Å²) in [6, 6.07) is 14.5. The number of hydrogen-bond donors (Lipinski definition) is 1. The van der Waals surface area contributed by atoms with Crippen LogP contribution < -0.4 is 10.5 Å². The molecule has 1 heterocycles. The molecule has 156 valence electrons. The molecule has 3 fully saturated rings. The van der Waals surface area contributed by atoms with Gasteiger partial charge in [-0.3, -0.25) is 0 Å². The predicted molar refractivity (Wildman–Crippen MR) is 113 cm³/mol. The summed E-state index contributed by atoms with van der Waals surface area (Å²) >= 11 is 0. The Hall–Kier alpha value is -1.62. The largest absolute Gasteiger partial charge is 0.490 e. The molecule has 2 aromatic carbocycles. The molecule has 2 saturated carbocycles. The van der Waals surface area contributed by atoms with Crippen molar-refractivity contribution in [2.24, 2.45) is 22.7 Å². The topological polar surface area (TPSA) is 55.3 Å². The molecule has 0 spiro atoms. The van der Waals surface area contributed by atoms with Crippen LogP contribution in [0.2, 0.25) is 0 Å². The first-order valence-corrected chi connectivity index (χ1v) is 11.1. The van der Waals surface area contributed by atoms with Crippen LogP contribution in [0.15, 0.2) is 42.5 Å². The Morgan fingerprint density at radius 3 is 2.72 bits per heavy atom. The summed E-state index contributed by atoms with van der Waals surface area (Å²) in [6.07, 6.45) is 3.79. The molecule has 5 rings (SSSR count). The van der Waals surface area contributed by atoms with E-state index in [1.54, 1.807) is 0 Å². The van der Waals surface area contributed by atoms with Crippen LogP contribution in [0, 0.1) is 22.7 Å². The van der Waals surface area contributed by atoms with E-state index in [0.29, 0.717) is 30.6 Å². The van der Waals surface area contributed by atoms with Gasteiger partial charge in [0.25, 0.3) is 0 Å². The highest BCUT2D eigenvalue weighted by molar-refractivity contribution is 5.88. The number of rotatable bonds is 6. The van der Waals surface area contributed by atoms with Gasteiger partial charge in [0.2, 0.25) is 0 Å². The van der Waals surface area contributed by atoms with Gasteiger partial charge in [0.15, 0.2) is 6.29 Å². The predicted octanol–water partition coefficient (Wildman–Crippen LogP) is 4.03. The standard InChI is InChI=1S/C25H33NO3/c1-24(2)20-11-12-25(24,3)23-19(20)13-22(29-23)28-17(14-26)15-27-21-10-6-8-16-7-4-5-9-18(16)21/h4-10,17,19-20,22-23H,11-15,26H2,1-3H3/p+1/t17-,19-,20+,22-,23-,25-/m0/s1. The zero-order valence-corrected chi connectivity index (χ0v) is 17.9. The molecule has 0 aromatic heterocycles. The van der Waals surface area contributed by atoms with Crippen molar-refractivity contribution in [2.75, 3.05) is 13.2 Å². The van der Waals surface area contributed by atoms with Crippen molar-refractivity contribution in [3.05, 3.63) is 42.5 Å². The Morgan fingerprint density at radius 2 is 1.93 bits per heavy atom. The number of hydrogen-bond acceptors (Lipinski definition) is 3. The van der Waals surface area contributed by atoms with E-state index in [4.69, 9.17) is 14.2 Å². The summed E-state index contributed by atoms with van der Waals surface area (Å²) in [4.78, 5) is 0. The minimum atomic E-state index is -0.121. The van der Waals surface area contributed by atoms with E-state index in [2.05, 4.69) is 50.8 Å². The molecular weight excluding hydrogens is 362 g/mol. The monoisotopic (exact) mass is 396 g/mol. The van der Waals surface area contributed by atoms with E-state index in [-0.39, 0.29) is 17.8 Å². The molecule has 2 aliphatic carbocycles. The second-order valence-electron chi connectivity index (χ2n) is 10.0. The van der Waals surface area contributed by atoms with E-state index < -0.39 is 0 Å². The fourth-order valence-corrected chi connectivity index (χ4v) is 6.48. The third kappa shape index (κ3) is 2.91. The lowest BCUT2D eigenvalue weighted by molar-refractivity contribution is -0.394. The molecule has 6 atom stereocenters. The molecule has 0 radical (unpaired) electrons. The van der Waals surface area contributed by atoms with Gasteiger partial charge >= 0.3 is 0 Å². The molecule has 3 aliphatic rings. The van der Waals surface area contributed by atoms with Crippen molar-refractivity contribution in [3.63, 3.8) is 0 Å². The van der Waals surface area contributed by atoms with Crippen molar-refractivity contribution in [3.8, 4) is 5.75 Å². The van der Waals surface area contributed by atoms with E-state index in [0.717, 1.165) is 23.5 Å². The van der Waals surface area contributed by atoms with Crippen LogP contribution in [-0.4, -0.2) is 31.6 Å². The molecule has 2 bridgehead atoms. The molecule has 2 aromatic rings. The Morgan fingerprint density at radius 1 is 1.14 bits per heavy atom. The average molecular weight is 397 g/mol. The lowest BCUT2D eigenvalue weighted by atomic mass is 9.70. The summed E-state index contributed by atoms with van der Waals surface area (Å²) in [5.74, 6) is 2.30. The normalized spacial score (nSPS) is 35.7. The Bertz CT molecular complexity index is 891. The molecule has 1 aliphatic heterocycles. The maximum atomic E-state index is 6.51. The van der Waals surface area contributed by atoms with E-state index in [9.17, 15) is 0 Å². The van der Waals surface area contributed by atoms with Gasteiger partial charge in [-0.15, -0.1) is 0 Å². The van der Waals surface area contributed by atoms with E-state index >= 15 is 0 Å². The second-order valence-corrected chi connectivity index (χ2v) is 10.0. The third-order valence-electron chi connectivity index (χ3n) is 8.51. The van der Waals surface area contributed by atoms with Gasteiger partial charge in [0, 0.05) is 11.8 Å².